The van der Waals surface area contributed by atoms with Crippen molar-refractivity contribution in [3.8, 4) is 0 Å². The zero-order valence-electron chi connectivity index (χ0n) is 8.05. The molecule has 3 heteroatoms. The van der Waals surface area contributed by atoms with Crippen molar-refractivity contribution in [3.05, 3.63) is 11.8 Å². The topological polar surface area (TPSA) is 46.5 Å². The highest BCUT2D eigenvalue weighted by atomic mass is 16.5. The minimum atomic E-state index is -1.13. The van der Waals surface area contributed by atoms with Crippen LogP contribution in [0, 0.1) is 0 Å². The zero-order chi connectivity index (χ0) is 9.78. The molecular weight excluding hydrogens is 156 g/mol. The van der Waals surface area contributed by atoms with E-state index >= 15 is 0 Å². The first-order chi connectivity index (χ1) is 5.44. The largest absolute Gasteiger partial charge is 0.481 e. The maximum Gasteiger partial charge on any atom is 0.347 e. The van der Waals surface area contributed by atoms with Crippen molar-refractivity contribution >= 4 is 5.97 Å². The molecule has 0 aromatic carbocycles. The molecule has 12 heavy (non-hydrogen) atoms. The first-order valence-corrected chi connectivity index (χ1v) is 4.01. The first-order valence-electron chi connectivity index (χ1n) is 4.01. The van der Waals surface area contributed by atoms with Gasteiger partial charge in [-0.05, 0) is 26.8 Å². The summed E-state index contributed by atoms with van der Waals surface area (Å²) in [5, 5.41) is 8.73. The van der Waals surface area contributed by atoms with Crippen molar-refractivity contribution in [3.63, 3.8) is 0 Å². The van der Waals surface area contributed by atoms with Crippen molar-refractivity contribution in [2.24, 2.45) is 0 Å². The van der Waals surface area contributed by atoms with E-state index in [0.717, 1.165) is 0 Å². The molecule has 0 amide bonds. The molecule has 0 bridgehead atoms. The highest BCUT2D eigenvalue weighted by Crippen LogP contribution is 2.16. The third-order valence-electron chi connectivity index (χ3n) is 1.57. The van der Waals surface area contributed by atoms with E-state index in [-0.39, 0.29) is 0 Å². The van der Waals surface area contributed by atoms with Gasteiger partial charge in [0.2, 0.25) is 0 Å². The summed E-state index contributed by atoms with van der Waals surface area (Å²) in [6.45, 7) is 6.83. The molecule has 0 aromatic rings. The number of hydrogen-bond donors (Lipinski definition) is 1. The van der Waals surface area contributed by atoms with Crippen LogP contribution in [0.5, 0.6) is 0 Å². The van der Waals surface area contributed by atoms with Gasteiger partial charge in [0.1, 0.15) is 0 Å². The summed E-state index contributed by atoms with van der Waals surface area (Å²) in [7, 11) is 0. The maximum absolute atomic E-state index is 10.6. The maximum atomic E-state index is 10.6. The highest BCUT2D eigenvalue weighted by molar-refractivity contribution is 5.76. The lowest BCUT2D eigenvalue weighted by Gasteiger charge is -2.22. The van der Waals surface area contributed by atoms with Crippen LogP contribution in [0.15, 0.2) is 11.8 Å². The van der Waals surface area contributed by atoms with E-state index < -0.39 is 11.6 Å². The molecule has 0 saturated carbocycles. The molecule has 0 rings (SSSR count). The third-order valence-corrected chi connectivity index (χ3v) is 1.57. The van der Waals surface area contributed by atoms with E-state index in [4.69, 9.17) is 9.84 Å². The van der Waals surface area contributed by atoms with E-state index in [1.165, 1.54) is 13.8 Å². The Kier molecular flexibility index (Phi) is 3.80. The molecule has 0 atom stereocenters. The Morgan fingerprint density at radius 1 is 1.58 bits per heavy atom. The zero-order valence-corrected chi connectivity index (χ0v) is 8.05. The monoisotopic (exact) mass is 172 g/mol. The molecule has 3 nitrogen and oxygen atoms in total. The molecule has 0 saturated heterocycles. The Morgan fingerprint density at radius 3 is 2.33 bits per heavy atom. The Balaban J connectivity index is 4.33. The van der Waals surface area contributed by atoms with Crippen molar-refractivity contribution in [1.82, 2.24) is 0 Å². The van der Waals surface area contributed by atoms with Crippen LogP contribution in [0.1, 0.15) is 34.1 Å². The lowest BCUT2D eigenvalue weighted by atomic mass is 10.1. The molecular formula is C9H16O3. The fourth-order valence-corrected chi connectivity index (χ4v) is 0.707. The van der Waals surface area contributed by atoms with E-state index in [1.807, 2.05) is 13.8 Å². The fourth-order valence-electron chi connectivity index (χ4n) is 0.707. The standard InChI is InChI=1S/C9H16O3/c1-5-7(6-2)12-9(3,4)8(10)11/h5H,6H2,1-4H3,(H,10,11)/b7-5+. The van der Waals surface area contributed by atoms with Crippen molar-refractivity contribution in [2.45, 2.75) is 39.7 Å². The Bertz CT molecular complexity index is 192. The first kappa shape index (κ1) is 11.0. The van der Waals surface area contributed by atoms with Crippen LogP contribution in [-0.4, -0.2) is 16.7 Å². The minimum Gasteiger partial charge on any atom is -0.481 e. The lowest BCUT2D eigenvalue weighted by Crippen LogP contribution is -2.34. The molecule has 0 spiro atoms. The van der Waals surface area contributed by atoms with E-state index in [1.54, 1.807) is 6.08 Å². The van der Waals surface area contributed by atoms with Gasteiger partial charge in [-0.1, -0.05) is 6.92 Å². The second-order valence-electron chi connectivity index (χ2n) is 3.03. The number of carbonyl (C=O) groups is 1. The molecule has 0 unspecified atom stereocenters. The SMILES string of the molecule is C/C=C(\CC)OC(C)(C)C(=O)O. The number of rotatable bonds is 4. The quantitative estimate of drug-likeness (QED) is 0.661. The molecule has 0 aliphatic heterocycles. The van der Waals surface area contributed by atoms with Gasteiger partial charge >= 0.3 is 5.97 Å². The molecule has 1 N–H and O–H groups in total. The lowest BCUT2D eigenvalue weighted by molar-refractivity contribution is -0.157. The van der Waals surface area contributed by atoms with Gasteiger partial charge < -0.3 is 9.84 Å². The van der Waals surface area contributed by atoms with Crippen LogP contribution < -0.4 is 0 Å². The average molecular weight is 172 g/mol. The molecule has 0 aliphatic carbocycles. The number of aliphatic carboxylic acids is 1. The predicted octanol–water partition coefficient (Wildman–Crippen LogP) is 2.18. The summed E-state index contributed by atoms with van der Waals surface area (Å²) >= 11 is 0. The predicted molar refractivity (Wildman–Crippen MR) is 46.8 cm³/mol. The van der Waals surface area contributed by atoms with Crippen LogP contribution in [0.3, 0.4) is 0 Å². The van der Waals surface area contributed by atoms with Gasteiger partial charge in [-0.3, -0.25) is 0 Å². The Hall–Kier alpha value is -0.990. The van der Waals surface area contributed by atoms with Crippen LogP contribution in [0.2, 0.25) is 0 Å². The van der Waals surface area contributed by atoms with Crippen LogP contribution in [-0.2, 0) is 9.53 Å². The number of hydrogen-bond acceptors (Lipinski definition) is 2. The Morgan fingerprint density at radius 2 is 2.08 bits per heavy atom. The normalized spacial score (nSPS) is 12.8. The van der Waals surface area contributed by atoms with Gasteiger partial charge in [0.25, 0.3) is 0 Å². The van der Waals surface area contributed by atoms with Crippen LogP contribution in [0.25, 0.3) is 0 Å². The van der Waals surface area contributed by atoms with Gasteiger partial charge in [0, 0.05) is 6.42 Å². The summed E-state index contributed by atoms with van der Waals surface area (Å²) in [5.74, 6) is -0.238. The number of carboxylic acids is 1. The summed E-state index contributed by atoms with van der Waals surface area (Å²) in [4.78, 5) is 10.6. The van der Waals surface area contributed by atoms with Crippen molar-refractivity contribution in [1.29, 1.82) is 0 Å². The van der Waals surface area contributed by atoms with E-state index in [9.17, 15) is 4.79 Å². The molecule has 0 heterocycles. The van der Waals surface area contributed by atoms with Gasteiger partial charge in [-0.15, -0.1) is 0 Å². The van der Waals surface area contributed by atoms with E-state index in [0.29, 0.717) is 12.2 Å². The molecule has 0 aromatic heterocycles. The summed E-state index contributed by atoms with van der Waals surface area (Å²) in [6, 6.07) is 0. The molecule has 0 radical (unpaired) electrons. The summed E-state index contributed by atoms with van der Waals surface area (Å²) < 4.78 is 5.26. The molecule has 70 valence electrons. The third kappa shape index (κ3) is 2.95. The number of carboxylic acid groups (broad SMARTS) is 1. The summed E-state index contributed by atoms with van der Waals surface area (Å²) in [5.41, 5.74) is -1.13. The minimum absolute atomic E-state index is 0.711. The van der Waals surface area contributed by atoms with Crippen LogP contribution >= 0.6 is 0 Å². The number of ether oxygens (including phenoxy) is 1. The summed E-state index contributed by atoms with van der Waals surface area (Å²) in [6.07, 6.45) is 2.50. The average Bonchev–Trinajstić information content (AvgIpc) is 2.00. The van der Waals surface area contributed by atoms with E-state index in [2.05, 4.69) is 0 Å². The fraction of sp³-hybridized carbons (Fsp3) is 0.667. The molecule has 0 fully saturated rings. The van der Waals surface area contributed by atoms with Crippen molar-refractivity contribution < 1.29 is 14.6 Å². The van der Waals surface area contributed by atoms with Crippen molar-refractivity contribution in [2.75, 3.05) is 0 Å². The van der Waals surface area contributed by atoms with Gasteiger partial charge in [-0.25, -0.2) is 4.79 Å². The van der Waals surface area contributed by atoms with Gasteiger partial charge in [-0.2, -0.15) is 0 Å². The second kappa shape index (κ2) is 4.14. The highest BCUT2D eigenvalue weighted by Gasteiger charge is 2.29. The van der Waals surface area contributed by atoms with Gasteiger partial charge in [0.05, 0.1) is 5.76 Å². The van der Waals surface area contributed by atoms with Crippen LogP contribution in [0.4, 0.5) is 0 Å². The smallest absolute Gasteiger partial charge is 0.347 e. The Labute approximate surface area is 73.0 Å². The van der Waals surface area contributed by atoms with Gasteiger partial charge in [0.15, 0.2) is 5.60 Å². The molecule has 0 aliphatic rings. The second-order valence-corrected chi connectivity index (χ2v) is 3.03. The number of allylic oxidation sites excluding steroid dienone is 2.